The number of benzene rings is 2. The molecule has 278 valence electrons. The lowest BCUT2D eigenvalue weighted by Gasteiger charge is -2.43. The molecule has 2 unspecified atom stereocenters. The second kappa shape index (κ2) is 19.5. The van der Waals surface area contributed by atoms with Crippen molar-refractivity contribution in [2.75, 3.05) is 61.6 Å². The molecule has 2 rings (SSSR count). The van der Waals surface area contributed by atoms with Crippen LogP contribution in [0.15, 0.2) is 42.5 Å². The number of hydrogen-bond acceptors (Lipinski definition) is 12. The van der Waals surface area contributed by atoms with E-state index in [1.165, 1.54) is 7.11 Å². The molecule has 0 radical (unpaired) electrons. The Hall–Kier alpha value is -2.09. The van der Waals surface area contributed by atoms with Gasteiger partial charge in [-0.05, 0) is 79.7 Å². The van der Waals surface area contributed by atoms with Crippen LogP contribution in [0.1, 0.15) is 62.5 Å². The van der Waals surface area contributed by atoms with E-state index in [0.29, 0.717) is 11.4 Å². The first-order valence-electron chi connectivity index (χ1n) is 16.1. The van der Waals surface area contributed by atoms with Crippen molar-refractivity contribution in [1.29, 1.82) is 0 Å². The second-order valence-electron chi connectivity index (χ2n) is 12.2. The topological polar surface area (TPSA) is 146 Å². The van der Waals surface area contributed by atoms with Gasteiger partial charge in [-0.1, -0.05) is 32.0 Å². The minimum Gasteiger partial charge on any atom is -0.468 e. The summed E-state index contributed by atoms with van der Waals surface area (Å²) in [7, 11) is -3.66. The zero-order valence-corrected chi connectivity index (χ0v) is 33.5. The monoisotopic (exact) mass is 747 g/mol. The summed E-state index contributed by atoms with van der Waals surface area (Å²) in [6.45, 7) is 9.84. The number of methoxy groups -OCH3 is 2. The molecule has 1 amide bonds. The van der Waals surface area contributed by atoms with Crippen LogP contribution in [0.5, 0.6) is 11.5 Å². The third-order valence-electron chi connectivity index (χ3n) is 8.02. The van der Waals surface area contributed by atoms with E-state index in [0.717, 1.165) is 58.2 Å². The molecular weight excluding hydrogens is 692 g/mol. The van der Waals surface area contributed by atoms with E-state index in [1.807, 2.05) is 43.9 Å². The Labute approximate surface area is 292 Å². The fourth-order valence-corrected chi connectivity index (χ4v) is 13.9. The van der Waals surface area contributed by atoms with E-state index in [2.05, 4.69) is 31.3 Å². The first-order valence-corrected chi connectivity index (χ1v) is 22.6. The molecule has 0 saturated heterocycles. The third kappa shape index (κ3) is 10.7. The van der Waals surface area contributed by atoms with Gasteiger partial charge in [0.15, 0.2) is 21.9 Å². The summed E-state index contributed by atoms with van der Waals surface area (Å²) in [5.41, 5.74) is 2.57. The number of anilines is 1. The van der Waals surface area contributed by atoms with Crippen LogP contribution in [0.4, 0.5) is 5.69 Å². The van der Waals surface area contributed by atoms with E-state index in [9.17, 15) is 13.9 Å². The van der Waals surface area contributed by atoms with Crippen LogP contribution in [0, 0.1) is 0 Å². The summed E-state index contributed by atoms with van der Waals surface area (Å²) in [6, 6.07) is 13.7. The average molecular weight is 748 g/mol. The average Bonchev–Trinajstić information content (AvgIpc) is 3.09. The summed E-state index contributed by atoms with van der Waals surface area (Å²) in [4.78, 5) is 13.7. The third-order valence-corrected chi connectivity index (χ3v) is 15.1. The van der Waals surface area contributed by atoms with Crippen molar-refractivity contribution in [3.05, 3.63) is 53.6 Å². The quantitative estimate of drug-likeness (QED) is 0.0660. The normalized spacial score (nSPS) is 13.9. The number of ether oxygens (including phenoxy) is 4. The Kier molecular flexibility index (Phi) is 17.1. The smallest absolute Gasteiger partial charge is 0.373 e. The molecule has 2 aromatic rings. The maximum absolute atomic E-state index is 14.1. The Balaban J connectivity index is 2.52. The van der Waals surface area contributed by atoms with Gasteiger partial charge in [-0.3, -0.25) is 13.9 Å². The van der Waals surface area contributed by atoms with Crippen LogP contribution in [0.3, 0.4) is 0 Å². The SMILES string of the molecule is CCC(c1ccc(OCOC)cc1)C(CC)c1ccc(OCOC)c(NC(=O)CCC(O[Si](C)(C)C)(P(=O)(OC)OC)P(=O)(OC)OC)c1. The van der Waals surface area contributed by atoms with Crippen molar-refractivity contribution in [3.8, 4) is 11.5 Å². The molecule has 0 heterocycles. The number of nitrogens with one attached hydrogen (secondary N) is 1. The van der Waals surface area contributed by atoms with Crippen molar-refractivity contribution in [3.63, 3.8) is 0 Å². The number of carbonyl (C=O) groups is 1. The largest absolute Gasteiger partial charge is 0.468 e. The number of hydrogen-bond donors (Lipinski definition) is 1. The van der Waals surface area contributed by atoms with Gasteiger partial charge < -0.3 is 46.8 Å². The van der Waals surface area contributed by atoms with E-state index < -0.39 is 34.5 Å². The highest BCUT2D eigenvalue weighted by atomic mass is 31.2. The van der Waals surface area contributed by atoms with Gasteiger partial charge in [0.25, 0.3) is 5.08 Å². The second-order valence-corrected chi connectivity index (χ2v) is 21.9. The van der Waals surface area contributed by atoms with Crippen LogP contribution in [0.25, 0.3) is 0 Å². The fraction of sp³-hybridized carbons (Fsp3) is 0.606. The fourth-order valence-electron chi connectivity index (χ4n) is 5.85. The molecule has 0 aliphatic carbocycles. The van der Waals surface area contributed by atoms with Crippen molar-refractivity contribution < 1.29 is 55.4 Å². The molecular formula is C33H55NO12P2Si. The van der Waals surface area contributed by atoms with Gasteiger partial charge >= 0.3 is 15.2 Å². The number of carbonyl (C=O) groups excluding carboxylic acids is 1. The van der Waals surface area contributed by atoms with Gasteiger partial charge in [0, 0.05) is 55.5 Å². The predicted octanol–water partition coefficient (Wildman–Crippen LogP) is 8.54. The molecule has 16 heteroatoms. The number of rotatable bonds is 23. The predicted molar refractivity (Wildman–Crippen MR) is 192 cm³/mol. The highest BCUT2D eigenvalue weighted by molar-refractivity contribution is 7.74. The van der Waals surface area contributed by atoms with E-state index in [1.54, 1.807) is 13.2 Å². The van der Waals surface area contributed by atoms with Gasteiger partial charge in [-0.25, -0.2) is 0 Å². The zero-order valence-electron chi connectivity index (χ0n) is 30.7. The minimum absolute atomic E-state index is 0.0443. The highest BCUT2D eigenvalue weighted by Crippen LogP contribution is 2.79. The molecule has 0 aliphatic rings. The molecule has 49 heavy (non-hydrogen) atoms. The summed E-state index contributed by atoms with van der Waals surface area (Å²) < 4.78 is 77.4. The molecule has 13 nitrogen and oxygen atoms in total. The highest BCUT2D eigenvalue weighted by Gasteiger charge is 2.66. The minimum atomic E-state index is -4.35. The lowest BCUT2D eigenvalue weighted by atomic mass is 9.78. The summed E-state index contributed by atoms with van der Waals surface area (Å²) in [5, 5.41) is 0.714. The molecule has 0 saturated carbocycles. The lowest BCUT2D eigenvalue weighted by molar-refractivity contribution is -0.116. The zero-order chi connectivity index (χ0) is 36.9. The maximum Gasteiger partial charge on any atom is 0.373 e. The molecule has 0 aliphatic heterocycles. The van der Waals surface area contributed by atoms with Gasteiger partial charge in [0.05, 0.1) is 5.69 Å². The molecule has 1 N–H and O–H groups in total. The molecule has 0 fully saturated rings. The van der Waals surface area contributed by atoms with Crippen LogP contribution in [0.2, 0.25) is 19.6 Å². The summed E-state index contributed by atoms with van der Waals surface area (Å²) in [5.74, 6) is 0.892. The Morgan fingerprint density at radius 2 is 1.24 bits per heavy atom. The first kappa shape index (κ1) is 43.1. The Morgan fingerprint density at radius 1 is 0.755 bits per heavy atom. The Morgan fingerprint density at radius 3 is 1.71 bits per heavy atom. The number of amides is 1. The van der Waals surface area contributed by atoms with Crippen molar-refractivity contribution in [2.24, 2.45) is 0 Å². The molecule has 0 bridgehead atoms. The first-order chi connectivity index (χ1) is 23.2. The molecule has 0 spiro atoms. The molecule has 2 aromatic carbocycles. The molecule has 0 aromatic heterocycles. The van der Waals surface area contributed by atoms with Gasteiger partial charge in [-0.2, -0.15) is 0 Å². The lowest BCUT2D eigenvalue weighted by Crippen LogP contribution is -2.44. The maximum atomic E-state index is 14.1. The Bertz CT molecular complexity index is 1380. The van der Waals surface area contributed by atoms with Crippen molar-refractivity contribution in [2.45, 2.75) is 76.1 Å². The van der Waals surface area contributed by atoms with Gasteiger partial charge in [0.1, 0.15) is 11.5 Å². The summed E-state index contributed by atoms with van der Waals surface area (Å²) in [6.07, 6.45) is 1.03. The van der Waals surface area contributed by atoms with Crippen molar-refractivity contribution >= 4 is 35.1 Å². The van der Waals surface area contributed by atoms with Crippen molar-refractivity contribution in [1.82, 2.24) is 0 Å². The standard InChI is InChI=1S/C33H55NO12P2Si/c1-12-28(25-14-17-27(18-15-25)44-23-38-3)29(13-2)26-16-19-31(45-24-39-4)30(22-26)34-32(35)20-21-33(46-49(9,10)11,47(36,40-5)41-6)48(37,42-7)43-8/h14-19,22,28-29H,12-13,20-21,23-24H2,1-11H3,(H,34,35). The van der Waals surface area contributed by atoms with E-state index >= 15 is 0 Å². The van der Waals surface area contributed by atoms with E-state index in [4.69, 9.17) is 41.5 Å². The van der Waals surface area contributed by atoms with E-state index in [-0.39, 0.29) is 38.3 Å². The van der Waals surface area contributed by atoms with Crippen LogP contribution < -0.4 is 14.8 Å². The molecule has 2 atom stereocenters. The van der Waals surface area contributed by atoms with Crippen LogP contribution >= 0.6 is 15.2 Å². The van der Waals surface area contributed by atoms with Gasteiger partial charge in [-0.15, -0.1) is 0 Å². The van der Waals surface area contributed by atoms with Crippen LogP contribution in [-0.2, 0) is 45.9 Å². The van der Waals surface area contributed by atoms with Crippen LogP contribution in [-0.4, -0.2) is 75.6 Å². The van der Waals surface area contributed by atoms with Gasteiger partial charge in [0.2, 0.25) is 5.91 Å². The summed E-state index contributed by atoms with van der Waals surface area (Å²) >= 11 is 0.